The fourth-order valence-corrected chi connectivity index (χ4v) is 4.24. The van der Waals surface area contributed by atoms with E-state index in [0.29, 0.717) is 26.1 Å². The first-order valence-corrected chi connectivity index (χ1v) is 7.99. The number of nitrogens with zero attached hydrogens (tertiary/aromatic N) is 2. The van der Waals surface area contributed by atoms with Crippen LogP contribution in [0.4, 0.5) is 0 Å². The van der Waals surface area contributed by atoms with Gasteiger partial charge in [0.15, 0.2) is 9.84 Å². The van der Waals surface area contributed by atoms with Gasteiger partial charge in [-0.1, -0.05) is 5.92 Å². The molecule has 0 aromatic rings. The molecule has 0 aromatic carbocycles. The van der Waals surface area contributed by atoms with E-state index in [9.17, 15) is 13.2 Å². The smallest absolute Gasteiger partial charge is 0.226 e. The van der Waals surface area contributed by atoms with E-state index in [4.69, 9.17) is 6.42 Å². The van der Waals surface area contributed by atoms with Gasteiger partial charge in [-0.05, 0) is 6.42 Å². The van der Waals surface area contributed by atoms with Crippen LogP contribution >= 0.6 is 0 Å². The highest BCUT2D eigenvalue weighted by atomic mass is 32.2. The maximum Gasteiger partial charge on any atom is 0.226 e. The Labute approximate surface area is 108 Å². The molecule has 100 valence electrons. The second-order valence-corrected chi connectivity index (χ2v) is 7.13. The summed E-state index contributed by atoms with van der Waals surface area (Å²) in [6, 6.07) is 0. The van der Waals surface area contributed by atoms with Crippen molar-refractivity contribution < 1.29 is 13.2 Å². The van der Waals surface area contributed by atoms with Crippen molar-refractivity contribution in [3.63, 3.8) is 0 Å². The van der Waals surface area contributed by atoms with Gasteiger partial charge in [0.2, 0.25) is 5.91 Å². The van der Waals surface area contributed by atoms with Crippen LogP contribution in [0.3, 0.4) is 0 Å². The maximum atomic E-state index is 12.2. The summed E-state index contributed by atoms with van der Waals surface area (Å²) in [5, 5.41) is 0. The van der Waals surface area contributed by atoms with Gasteiger partial charge in [0.05, 0.1) is 24.0 Å². The third-order valence-electron chi connectivity index (χ3n) is 3.58. The first-order chi connectivity index (χ1) is 8.52. The van der Waals surface area contributed by atoms with E-state index in [1.165, 1.54) is 0 Å². The van der Waals surface area contributed by atoms with Crippen molar-refractivity contribution >= 4 is 15.7 Å². The molecule has 5 nitrogen and oxygen atoms in total. The fourth-order valence-electron chi connectivity index (χ4n) is 2.50. The number of amides is 1. The summed E-state index contributed by atoms with van der Waals surface area (Å²) >= 11 is 0. The van der Waals surface area contributed by atoms with Crippen molar-refractivity contribution in [2.75, 3.05) is 44.2 Å². The average molecular weight is 270 g/mol. The Morgan fingerprint density at radius 3 is 2.44 bits per heavy atom. The summed E-state index contributed by atoms with van der Waals surface area (Å²) in [4.78, 5) is 16.1. The third kappa shape index (κ3) is 3.03. The number of piperazine rings is 1. The molecule has 0 spiro atoms. The Kier molecular flexibility index (Phi) is 3.93. The zero-order chi connectivity index (χ0) is 13.2. The normalized spacial score (nSPS) is 27.9. The van der Waals surface area contributed by atoms with Crippen LogP contribution in [0.5, 0.6) is 0 Å². The standard InChI is InChI=1S/C12H18N2O3S/c1-2-4-13-5-7-14(8-6-13)12(15)11-3-9-18(16,17)10-11/h1,11H,3-10H2/t11-/m1/s1. The highest BCUT2D eigenvalue weighted by Gasteiger charge is 2.36. The molecule has 1 atom stereocenters. The number of carbonyl (C=O) groups is 1. The molecule has 0 radical (unpaired) electrons. The van der Waals surface area contributed by atoms with Gasteiger partial charge in [-0.3, -0.25) is 9.69 Å². The van der Waals surface area contributed by atoms with Gasteiger partial charge in [0, 0.05) is 26.2 Å². The highest BCUT2D eigenvalue weighted by Crippen LogP contribution is 2.21. The predicted octanol–water partition coefficient (Wildman–Crippen LogP) is -0.801. The van der Waals surface area contributed by atoms with Gasteiger partial charge in [-0.2, -0.15) is 0 Å². The van der Waals surface area contributed by atoms with Gasteiger partial charge < -0.3 is 4.90 Å². The van der Waals surface area contributed by atoms with Crippen LogP contribution in [0.25, 0.3) is 0 Å². The van der Waals surface area contributed by atoms with E-state index in [2.05, 4.69) is 10.8 Å². The topological polar surface area (TPSA) is 57.7 Å². The quantitative estimate of drug-likeness (QED) is 0.616. The predicted molar refractivity (Wildman–Crippen MR) is 68.6 cm³/mol. The van der Waals surface area contributed by atoms with Gasteiger partial charge >= 0.3 is 0 Å². The Hall–Kier alpha value is -1.06. The summed E-state index contributed by atoms with van der Waals surface area (Å²) in [6.07, 6.45) is 5.72. The summed E-state index contributed by atoms with van der Waals surface area (Å²) in [7, 11) is -2.98. The minimum absolute atomic E-state index is 0.00330. The van der Waals surface area contributed by atoms with E-state index in [-0.39, 0.29) is 23.3 Å². The average Bonchev–Trinajstić information content (AvgIpc) is 2.70. The number of hydrogen-bond donors (Lipinski definition) is 0. The fraction of sp³-hybridized carbons (Fsp3) is 0.750. The molecular formula is C12H18N2O3S. The summed E-state index contributed by atoms with van der Waals surface area (Å²) in [6.45, 7) is 3.46. The largest absolute Gasteiger partial charge is 0.340 e. The molecule has 2 rings (SSSR count). The molecule has 2 saturated heterocycles. The minimum Gasteiger partial charge on any atom is -0.340 e. The van der Waals surface area contributed by atoms with Crippen molar-refractivity contribution in [2.45, 2.75) is 6.42 Å². The van der Waals surface area contributed by atoms with Gasteiger partial charge in [-0.15, -0.1) is 6.42 Å². The molecule has 2 fully saturated rings. The van der Waals surface area contributed by atoms with Crippen molar-refractivity contribution in [1.82, 2.24) is 9.80 Å². The van der Waals surface area contributed by atoms with Crippen LogP contribution in [0.15, 0.2) is 0 Å². The molecule has 2 aliphatic rings. The van der Waals surface area contributed by atoms with Crippen molar-refractivity contribution in [3.05, 3.63) is 0 Å². The molecule has 1 amide bonds. The second-order valence-electron chi connectivity index (χ2n) is 4.91. The first kappa shape index (κ1) is 13.4. The summed E-state index contributed by atoms with van der Waals surface area (Å²) < 4.78 is 22.7. The number of terminal acetylenes is 1. The van der Waals surface area contributed by atoms with Crippen LogP contribution in [-0.4, -0.2) is 68.4 Å². The van der Waals surface area contributed by atoms with Crippen LogP contribution < -0.4 is 0 Å². The van der Waals surface area contributed by atoms with E-state index in [1.54, 1.807) is 4.90 Å². The Morgan fingerprint density at radius 1 is 1.28 bits per heavy atom. The summed E-state index contributed by atoms with van der Waals surface area (Å²) in [5.41, 5.74) is 0. The monoisotopic (exact) mass is 270 g/mol. The molecule has 0 bridgehead atoms. The number of carbonyl (C=O) groups excluding carboxylic acids is 1. The molecule has 2 heterocycles. The third-order valence-corrected chi connectivity index (χ3v) is 5.35. The van der Waals surface area contributed by atoms with Gasteiger partial charge in [0.25, 0.3) is 0 Å². The molecule has 6 heteroatoms. The molecule has 0 N–H and O–H groups in total. The lowest BCUT2D eigenvalue weighted by Gasteiger charge is -2.34. The van der Waals surface area contributed by atoms with Crippen LogP contribution in [0.1, 0.15) is 6.42 Å². The van der Waals surface area contributed by atoms with Crippen LogP contribution in [0.2, 0.25) is 0 Å². The second kappa shape index (κ2) is 5.29. The SMILES string of the molecule is C#CCN1CCN(C(=O)[C@@H]2CCS(=O)(=O)C2)CC1. The lowest BCUT2D eigenvalue weighted by molar-refractivity contribution is -0.136. The van der Waals surface area contributed by atoms with Crippen LogP contribution in [-0.2, 0) is 14.6 Å². The molecule has 0 unspecified atom stereocenters. The maximum absolute atomic E-state index is 12.2. The molecule has 0 aromatic heterocycles. The molecule has 18 heavy (non-hydrogen) atoms. The van der Waals surface area contributed by atoms with E-state index in [0.717, 1.165) is 13.1 Å². The lowest BCUT2D eigenvalue weighted by Crippen LogP contribution is -2.50. The minimum atomic E-state index is -2.98. The Balaban J connectivity index is 1.87. The lowest BCUT2D eigenvalue weighted by atomic mass is 10.1. The Bertz CT molecular complexity index is 458. The van der Waals surface area contributed by atoms with E-state index in [1.807, 2.05) is 0 Å². The number of rotatable bonds is 2. The van der Waals surface area contributed by atoms with Gasteiger partial charge in [0.1, 0.15) is 0 Å². The molecule has 0 aliphatic carbocycles. The zero-order valence-corrected chi connectivity index (χ0v) is 11.2. The molecule has 0 saturated carbocycles. The van der Waals surface area contributed by atoms with Crippen molar-refractivity contribution in [1.29, 1.82) is 0 Å². The van der Waals surface area contributed by atoms with Gasteiger partial charge in [-0.25, -0.2) is 8.42 Å². The highest BCUT2D eigenvalue weighted by molar-refractivity contribution is 7.91. The first-order valence-electron chi connectivity index (χ1n) is 6.17. The number of hydrogen-bond acceptors (Lipinski definition) is 4. The van der Waals surface area contributed by atoms with Crippen LogP contribution in [0, 0.1) is 18.3 Å². The molecular weight excluding hydrogens is 252 g/mol. The van der Waals surface area contributed by atoms with E-state index >= 15 is 0 Å². The Morgan fingerprint density at radius 2 is 1.94 bits per heavy atom. The molecule has 2 aliphatic heterocycles. The van der Waals surface area contributed by atoms with Crippen molar-refractivity contribution in [2.24, 2.45) is 5.92 Å². The van der Waals surface area contributed by atoms with Crippen molar-refractivity contribution in [3.8, 4) is 12.3 Å². The zero-order valence-electron chi connectivity index (χ0n) is 10.3. The van der Waals surface area contributed by atoms with E-state index < -0.39 is 9.84 Å². The number of sulfone groups is 1. The summed E-state index contributed by atoms with van der Waals surface area (Å²) in [5.74, 6) is 2.44.